The highest BCUT2D eigenvalue weighted by atomic mass is 32.1. The molecular formula is C20H26OS. The number of thiol groups is 1. The Bertz CT molecular complexity index is 671. The predicted molar refractivity (Wildman–Crippen MR) is 98.2 cm³/mol. The highest BCUT2D eigenvalue weighted by molar-refractivity contribution is 7.80. The molecule has 0 unspecified atom stereocenters. The normalized spacial score (nSPS) is 12.5. The molecule has 0 spiro atoms. The first kappa shape index (κ1) is 17.0. The number of hydrogen-bond donors (Lipinski definition) is 2. The smallest absolute Gasteiger partial charge is 0.115 e. The van der Waals surface area contributed by atoms with E-state index >= 15 is 0 Å². The van der Waals surface area contributed by atoms with Crippen LogP contribution in [0.4, 0.5) is 0 Å². The largest absolute Gasteiger partial charge is 0.508 e. The van der Waals surface area contributed by atoms with Crippen LogP contribution in [0.25, 0.3) is 11.1 Å². The molecule has 118 valence electrons. The van der Waals surface area contributed by atoms with Crippen molar-refractivity contribution in [3.8, 4) is 16.9 Å². The fourth-order valence-electron chi connectivity index (χ4n) is 2.90. The quantitative estimate of drug-likeness (QED) is 0.624. The lowest BCUT2D eigenvalue weighted by Crippen LogP contribution is -2.20. The van der Waals surface area contributed by atoms with Crippen LogP contribution in [0.3, 0.4) is 0 Å². The van der Waals surface area contributed by atoms with Crippen molar-refractivity contribution >= 4 is 12.6 Å². The van der Waals surface area contributed by atoms with Gasteiger partial charge in [0.05, 0.1) is 0 Å². The summed E-state index contributed by atoms with van der Waals surface area (Å²) in [6, 6.07) is 11.8. The standard InChI is InChI=1S/C20H26OS/c1-19(2,3)15-11-12-16(22)18(20(4,5)6)17(15)13-7-9-14(21)10-8-13/h7-12,21-22H,1-6H3. The summed E-state index contributed by atoms with van der Waals surface area (Å²) in [5.74, 6) is 0.292. The molecule has 1 N–H and O–H groups in total. The predicted octanol–water partition coefficient (Wildman–Crippen LogP) is 5.94. The van der Waals surface area contributed by atoms with Crippen molar-refractivity contribution in [3.05, 3.63) is 47.5 Å². The zero-order chi connectivity index (χ0) is 16.7. The minimum absolute atomic E-state index is 0.00837. The molecular weight excluding hydrogens is 288 g/mol. The topological polar surface area (TPSA) is 20.2 Å². The Morgan fingerprint density at radius 2 is 1.32 bits per heavy atom. The Kier molecular flexibility index (Phi) is 4.36. The molecule has 2 aromatic carbocycles. The van der Waals surface area contributed by atoms with Crippen LogP contribution in [0.1, 0.15) is 52.7 Å². The van der Waals surface area contributed by atoms with Crippen molar-refractivity contribution in [1.29, 1.82) is 0 Å². The van der Waals surface area contributed by atoms with Gasteiger partial charge in [-0.3, -0.25) is 0 Å². The molecule has 0 heterocycles. The van der Waals surface area contributed by atoms with E-state index in [1.165, 1.54) is 16.7 Å². The SMILES string of the molecule is CC(C)(C)c1ccc(S)c(C(C)(C)C)c1-c1ccc(O)cc1. The van der Waals surface area contributed by atoms with Crippen molar-refractivity contribution in [3.63, 3.8) is 0 Å². The maximum Gasteiger partial charge on any atom is 0.115 e. The molecule has 0 fully saturated rings. The van der Waals surface area contributed by atoms with Crippen LogP contribution in [0.2, 0.25) is 0 Å². The number of hydrogen-bond acceptors (Lipinski definition) is 2. The molecule has 0 bridgehead atoms. The van der Waals surface area contributed by atoms with Gasteiger partial charge >= 0.3 is 0 Å². The van der Waals surface area contributed by atoms with Crippen LogP contribution in [-0.4, -0.2) is 5.11 Å². The van der Waals surface area contributed by atoms with Crippen LogP contribution < -0.4 is 0 Å². The molecule has 0 amide bonds. The third kappa shape index (κ3) is 3.33. The monoisotopic (exact) mass is 314 g/mol. The zero-order valence-corrected chi connectivity index (χ0v) is 15.3. The van der Waals surface area contributed by atoms with E-state index in [1.54, 1.807) is 12.1 Å². The van der Waals surface area contributed by atoms with E-state index in [1.807, 2.05) is 12.1 Å². The summed E-state index contributed by atoms with van der Waals surface area (Å²) in [7, 11) is 0. The molecule has 22 heavy (non-hydrogen) atoms. The summed E-state index contributed by atoms with van der Waals surface area (Å²) in [4.78, 5) is 1.02. The molecule has 0 aliphatic carbocycles. The van der Waals surface area contributed by atoms with Crippen LogP contribution in [0, 0.1) is 0 Å². The Labute approximate surface area is 139 Å². The van der Waals surface area contributed by atoms with E-state index in [0.29, 0.717) is 5.75 Å². The van der Waals surface area contributed by atoms with E-state index in [4.69, 9.17) is 12.6 Å². The number of phenols is 1. The van der Waals surface area contributed by atoms with Crippen LogP contribution in [0.5, 0.6) is 5.75 Å². The second kappa shape index (κ2) is 5.66. The molecule has 1 nitrogen and oxygen atoms in total. The van der Waals surface area contributed by atoms with Gasteiger partial charge in [-0.1, -0.05) is 59.7 Å². The van der Waals surface area contributed by atoms with Crippen LogP contribution in [-0.2, 0) is 10.8 Å². The van der Waals surface area contributed by atoms with Gasteiger partial charge in [-0.15, -0.1) is 12.6 Å². The molecule has 0 aliphatic rings. The number of benzene rings is 2. The zero-order valence-electron chi connectivity index (χ0n) is 14.4. The molecule has 2 aromatic rings. The lowest BCUT2D eigenvalue weighted by Gasteiger charge is -2.31. The number of phenolic OH excluding ortho intramolecular Hbond substituents is 1. The summed E-state index contributed by atoms with van der Waals surface area (Å²) in [6.45, 7) is 13.4. The summed E-state index contributed by atoms with van der Waals surface area (Å²) in [5, 5.41) is 9.60. The van der Waals surface area contributed by atoms with Crippen LogP contribution >= 0.6 is 12.6 Å². The fraction of sp³-hybridized carbons (Fsp3) is 0.400. The van der Waals surface area contributed by atoms with Gasteiger partial charge < -0.3 is 5.11 Å². The first-order valence-corrected chi connectivity index (χ1v) is 8.13. The Morgan fingerprint density at radius 1 is 0.773 bits per heavy atom. The lowest BCUT2D eigenvalue weighted by atomic mass is 9.74. The summed E-state index contributed by atoms with van der Waals surface area (Å²) < 4.78 is 0. The average molecular weight is 314 g/mol. The molecule has 0 aromatic heterocycles. The van der Waals surface area contributed by atoms with E-state index in [2.05, 4.69) is 53.7 Å². The van der Waals surface area contributed by atoms with Crippen molar-refractivity contribution in [2.24, 2.45) is 0 Å². The Balaban J connectivity index is 2.88. The van der Waals surface area contributed by atoms with Crippen molar-refractivity contribution in [2.75, 3.05) is 0 Å². The van der Waals surface area contributed by atoms with Gasteiger partial charge in [-0.05, 0) is 51.3 Å². The molecule has 2 rings (SSSR count). The third-order valence-corrected chi connectivity index (χ3v) is 4.27. The first-order chi connectivity index (χ1) is 10.0. The Hall–Kier alpha value is -1.41. The third-order valence-electron chi connectivity index (χ3n) is 3.90. The van der Waals surface area contributed by atoms with Gasteiger partial charge in [0, 0.05) is 4.90 Å². The minimum atomic E-state index is -0.00837. The fourth-order valence-corrected chi connectivity index (χ4v) is 3.43. The molecule has 0 aliphatic heterocycles. The molecule has 0 saturated heterocycles. The van der Waals surface area contributed by atoms with E-state index in [-0.39, 0.29) is 10.8 Å². The van der Waals surface area contributed by atoms with Crippen molar-refractivity contribution in [2.45, 2.75) is 57.3 Å². The van der Waals surface area contributed by atoms with Gasteiger partial charge in [0.1, 0.15) is 5.75 Å². The summed E-state index contributed by atoms with van der Waals surface area (Å²) in [6.07, 6.45) is 0. The lowest BCUT2D eigenvalue weighted by molar-refractivity contribution is 0.475. The summed E-state index contributed by atoms with van der Waals surface area (Å²) in [5.41, 5.74) is 4.96. The number of rotatable bonds is 1. The average Bonchev–Trinajstić information content (AvgIpc) is 2.36. The van der Waals surface area contributed by atoms with E-state index < -0.39 is 0 Å². The molecule has 0 saturated carbocycles. The second-order valence-corrected chi connectivity index (χ2v) is 8.41. The Morgan fingerprint density at radius 3 is 1.77 bits per heavy atom. The first-order valence-electron chi connectivity index (χ1n) is 7.68. The van der Waals surface area contributed by atoms with Gasteiger partial charge in [0.15, 0.2) is 0 Å². The highest BCUT2D eigenvalue weighted by Gasteiger charge is 2.28. The van der Waals surface area contributed by atoms with Gasteiger partial charge in [-0.25, -0.2) is 0 Å². The maximum atomic E-state index is 9.60. The van der Waals surface area contributed by atoms with E-state index in [0.717, 1.165) is 10.5 Å². The van der Waals surface area contributed by atoms with Gasteiger partial charge in [0.25, 0.3) is 0 Å². The summed E-state index contributed by atoms with van der Waals surface area (Å²) >= 11 is 4.73. The van der Waals surface area contributed by atoms with Gasteiger partial charge in [0.2, 0.25) is 0 Å². The number of aromatic hydroxyl groups is 1. The second-order valence-electron chi connectivity index (χ2n) is 7.93. The van der Waals surface area contributed by atoms with Crippen molar-refractivity contribution in [1.82, 2.24) is 0 Å². The molecule has 2 heteroatoms. The minimum Gasteiger partial charge on any atom is -0.508 e. The van der Waals surface area contributed by atoms with Crippen LogP contribution in [0.15, 0.2) is 41.3 Å². The highest BCUT2D eigenvalue weighted by Crippen LogP contribution is 2.43. The van der Waals surface area contributed by atoms with Gasteiger partial charge in [-0.2, -0.15) is 0 Å². The molecule has 0 atom stereocenters. The van der Waals surface area contributed by atoms with Crippen molar-refractivity contribution < 1.29 is 5.11 Å². The molecule has 0 radical (unpaired) electrons. The maximum absolute atomic E-state index is 9.60. The van der Waals surface area contributed by atoms with E-state index in [9.17, 15) is 5.11 Å².